The van der Waals surface area contributed by atoms with Crippen molar-refractivity contribution < 1.29 is 4.79 Å². The average molecular weight is 391 g/mol. The van der Waals surface area contributed by atoms with Gasteiger partial charge in [-0.15, -0.1) is 5.10 Å². The molecule has 2 aromatic carbocycles. The van der Waals surface area contributed by atoms with Crippen LogP contribution in [0.5, 0.6) is 0 Å². The summed E-state index contributed by atoms with van der Waals surface area (Å²) in [4.78, 5) is 16.2. The maximum Gasteiger partial charge on any atom is 0.321 e. The third-order valence-electron chi connectivity index (χ3n) is 5.00. The van der Waals surface area contributed by atoms with Crippen LogP contribution in [-0.4, -0.2) is 52.3 Å². The molecule has 1 aliphatic carbocycles. The maximum absolute atomic E-state index is 12.5. The first-order valence-electron chi connectivity index (χ1n) is 9.68. The Morgan fingerprint density at radius 3 is 2.38 bits per heavy atom. The van der Waals surface area contributed by atoms with Gasteiger partial charge in [0, 0.05) is 44.6 Å². The molecule has 3 aromatic rings. The number of carbonyl (C=O) groups is 1. The summed E-state index contributed by atoms with van der Waals surface area (Å²) in [5.41, 5.74) is 3.89. The number of hydrogen-bond donors (Lipinski definition) is 1. The monoisotopic (exact) mass is 391 g/mol. The molecule has 0 spiro atoms. The number of benzene rings is 2. The second-order valence-electron chi connectivity index (χ2n) is 7.60. The number of urea groups is 1. The quantitative estimate of drug-likeness (QED) is 0.697. The first-order chi connectivity index (χ1) is 14.0. The van der Waals surface area contributed by atoms with Crippen LogP contribution in [0.3, 0.4) is 0 Å². The van der Waals surface area contributed by atoms with Crippen LogP contribution in [0.2, 0.25) is 0 Å². The molecule has 0 bridgehead atoms. The molecule has 0 saturated heterocycles. The number of rotatable bonds is 6. The van der Waals surface area contributed by atoms with Crippen molar-refractivity contribution in [3.8, 4) is 11.4 Å². The SMILES string of the molecule is CN(Cc1ccc(N(C)C)cc1)C(=O)Nc1ccc(-c2nnnn2C2CC2)cc1. The topological polar surface area (TPSA) is 79.2 Å². The third-order valence-corrected chi connectivity index (χ3v) is 5.00. The molecule has 150 valence electrons. The van der Waals surface area contributed by atoms with Gasteiger partial charge in [0.2, 0.25) is 0 Å². The number of hydrogen-bond acceptors (Lipinski definition) is 5. The highest BCUT2D eigenvalue weighted by atomic mass is 16.2. The van der Waals surface area contributed by atoms with Crippen LogP contribution >= 0.6 is 0 Å². The summed E-state index contributed by atoms with van der Waals surface area (Å²) in [6.07, 6.45) is 2.24. The van der Waals surface area contributed by atoms with Crippen molar-refractivity contribution in [2.45, 2.75) is 25.4 Å². The number of nitrogens with zero attached hydrogens (tertiary/aromatic N) is 6. The minimum Gasteiger partial charge on any atom is -0.378 e. The zero-order chi connectivity index (χ0) is 20.4. The van der Waals surface area contributed by atoms with E-state index in [0.717, 1.165) is 41.2 Å². The van der Waals surface area contributed by atoms with Crippen LogP contribution < -0.4 is 10.2 Å². The van der Waals surface area contributed by atoms with E-state index in [1.54, 1.807) is 11.9 Å². The van der Waals surface area contributed by atoms with Crippen LogP contribution in [0.1, 0.15) is 24.4 Å². The van der Waals surface area contributed by atoms with Crippen molar-refractivity contribution in [2.24, 2.45) is 0 Å². The number of aromatic nitrogens is 4. The lowest BCUT2D eigenvalue weighted by Crippen LogP contribution is -2.30. The van der Waals surface area contributed by atoms with Crippen LogP contribution in [0.25, 0.3) is 11.4 Å². The van der Waals surface area contributed by atoms with E-state index in [1.165, 1.54) is 0 Å². The molecule has 1 aliphatic rings. The molecule has 8 heteroatoms. The fraction of sp³-hybridized carbons (Fsp3) is 0.333. The molecule has 4 rings (SSSR count). The van der Waals surface area contributed by atoms with Gasteiger partial charge in [-0.2, -0.15) is 0 Å². The van der Waals surface area contributed by atoms with Gasteiger partial charge in [0.1, 0.15) is 0 Å². The number of nitrogens with one attached hydrogen (secondary N) is 1. The van der Waals surface area contributed by atoms with Crippen molar-refractivity contribution in [3.05, 3.63) is 54.1 Å². The van der Waals surface area contributed by atoms with Crippen molar-refractivity contribution in [3.63, 3.8) is 0 Å². The zero-order valence-electron chi connectivity index (χ0n) is 16.9. The molecule has 0 radical (unpaired) electrons. The molecule has 1 N–H and O–H groups in total. The molecule has 0 atom stereocenters. The Morgan fingerprint density at radius 1 is 1.07 bits per heavy atom. The summed E-state index contributed by atoms with van der Waals surface area (Å²) in [5, 5.41) is 14.9. The molecule has 0 aliphatic heterocycles. The van der Waals surface area contributed by atoms with E-state index in [9.17, 15) is 4.79 Å². The van der Waals surface area contributed by atoms with Crippen LogP contribution in [-0.2, 0) is 6.54 Å². The second kappa shape index (κ2) is 7.90. The van der Waals surface area contributed by atoms with Gasteiger partial charge in [0.05, 0.1) is 6.04 Å². The van der Waals surface area contributed by atoms with Gasteiger partial charge in [-0.25, -0.2) is 9.48 Å². The molecule has 8 nitrogen and oxygen atoms in total. The number of anilines is 2. The van der Waals surface area contributed by atoms with E-state index in [2.05, 4.69) is 33.0 Å². The Hall–Kier alpha value is -3.42. The number of amides is 2. The molecule has 1 heterocycles. The van der Waals surface area contributed by atoms with Crippen LogP contribution in [0.15, 0.2) is 48.5 Å². The predicted molar refractivity (Wildman–Crippen MR) is 113 cm³/mol. The summed E-state index contributed by atoms with van der Waals surface area (Å²) in [6.45, 7) is 0.536. The van der Waals surface area contributed by atoms with Crippen molar-refractivity contribution in [1.82, 2.24) is 25.1 Å². The van der Waals surface area contributed by atoms with E-state index in [0.29, 0.717) is 12.6 Å². The van der Waals surface area contributed by atoms with E-state index in [4.69, 9.17) is 0 Å². The van der Waals surface area contributed by atoms with Crippen molar-refractivity contribution >= 4 is 17.4 Å². The summed E-state index contributed by atoms with van der Waals surface area (Å²) < 4.78 is 1.88. The molecule has 1 fully saturated rings. The molecule has 0 unspecified atom stereocenters. The summed E-state index contributed by atoms with van der Waals surface area (Å²) in [5.74, 6) is 0.767. The number of tetrazole rings is 1. The molecule has 29 heavy (non-hydrogen) atoms. The van der Waals surface area contributed by atoms with Gasteiger partial charge in [0.25, 0.3) is 0 Å². The highest BCUT2D eigenvalue weighted by Crippen LogP contribution is 2.36. The maximum atomic E-state index is 12.5. The zero-order valence-corrected chi connectivity index (χ0v) is 16.9. The Kier molecular flexibility index (Phi) is 5.16. The fourth-order valence-electron chi connectivity index (χ4n) is 3.12. The predicted octanol–water partition coefficient (Wildman–Crippen LogP) is 3.40. The highest BCUT2D eigenvalue weighted by molar-refractivity contribution is 5.89. The minimum atomic E-state index is -0.155. The van der Waals surface area contributed by atoms with Gasteiger partial charge >= 0.3 is 6.03 Å². The normalized spacial score (nSPS) is 13.2. The van der Waals surface area contributed by atoms with Gasteiger partial charge in [-0.05, 0) is 65.2 Å². The highest BCUT2D eigenvalue weighted by Gasteiger charge is 2.28. The molecule has 1 aromatic heterocycles. The fourth-order valence-corrected chi connectivity index (χ4v) is 3.12. The van der Waals surface area contributed by atoms with Crippen molar-refractivity contribution in [2.75, 3.05) is 31.4 Å². The standard InChI is InChI=1S/C21H25N7O/c1-26(2)18-10-4-15(5-11-18)14-27(3)21(29)22-17-8-6-16(7-9-17)20-23-24-25-28(20)19-12-13-19/h4-11,19H,12-14H2,1-3H3,(H,22,29). The first-order valence-corrected chi connectivity index (χ1v) is 9.68. The van der Waals surface area contributed by atoms with Gasteiger partial charge in [-0.1, -0.05) is 12.1 Å². The molecule has 2 amide bonds. The van der Waals surface area contributed by atoms with Gasteiger partial charge in [0.15, 0.2) is 5.82 Å². The molecule has 1 saturated carbocycles. The number of carbonyl (C=O) groups excluding carboxylic acids is 1. The molecular formula is C21H25N7O. The van der Waals surface area contributed by atoms with E-state index < -0.39 is 0 Å². The molecular weight excluding hydrogens is 366 g/mol. The Balaban J connectivity index is 1.37. The smallest absolute Gasteiger partial charge is 0.321 e. The lowest BCUT2D eigenvalue weighted by Gasteiger charge is -2.19. The van der Waals surface area contributed by atoms with Gasteiger partial charge in [-0.3, -0.25) is 0 Å². The Morgan fingerprint density at radius 2 is 1.76 bits per heavy atom. The third kappa shape index (κ3) is 4.37. The average Bonchev–Trinajstić information content (AvgIpc) is 3.45. The van der Waals surface area contributed by atoms with Crippen LogP contribution in [0, 0.1) is 0 Å². The van der Waals surface area contributed by atoms with Crippen LogP contribution in [0.4, 0.5) is 16.2 Å². The van der Waals surface area contributed by atoms with E-state index in [1.807, 2.05) is 60.1 Å². The second-order valence-corrected chi connectivity index (χ2v) is 7.60. The summed E-state index contributed by atoms with van der Waals surface area (Å²) in [6, 6.07) is 16.1. The lowest BCUT2D eigenvalue weighted by atomic mass is 10.2. The summed E-state index contributed by atoms with van der Waals surface area (Å²) in [7, 11) is 5.80. The van der Waals surface area contributed by atoms with E-state index >= 15 is 0 Å². The van der Waals surface area contributed by atoms with E-state index in [-0.39, 0.29) is 6.03 Å². The minimum absolute atomic E-state index is 0.155. The lowest BCUT2D eigenvalue weighted by molar-refractivity contribution is 0.220. The van der Waals surface area contributed by atoms with Crippen molar-refractivity contribution in [1.29, 1.82) is 0 Å². The van der Waals surface area contributed by atoms with Gasteiger partial charge < -0.3 is 15.1 Å². The first kappa shape index (κ1) is 18.9. The Labute approximate surface area is 170 Å². The summed E-state index contributed by atoms with van der Waals surface area (Å²) >= 11 is 0. The Bertz CT molecular complexity index is 975. The largest absolute Gasteiger partial charge is 0.378 e.